The Labute approximate surface area is 297 Å². The Balaban J connectivity index is 1.36. The van der Waals surface area contributed by atoms with Crippen LogP contribution in [0.4, 0.5) is 0 Å². The Morgan fingerprint density at radius 1 is 0.333 bits per heavy atom. The fourth-order valence-corrected chi connectivity index (χ4v) is 5.61. The lowest BCUT2D eigenvalue weighted by Gasteiger charge is -2.22. The van der Waals surface area contributed by atoms with Crippen molar-refractivity contribution in [1.29, 1.82) is 0 Å². The van der Waals surface area contributed by atoms with E-state index in [0.717, 1.165) is 0 Å². The van der Waals surface area contributed by atoms with Gasteiger partial charge in [-0.2, -0.15) is 0 Å². The van der Waals surface area contributed by atoms with Gasteiger partial charge in [-0.25, -0.2) is 0 Å². The first-order chi connectivity index (χ1) is 33.2. The van der Waals surface area contributed by atoms with E-state index in [4.69, 9.17) is 33.5 Å². The van der Waals surface area contributed by atoms with Crippen LogP contribution in [0.3, 0.4) is 0 Å². The molecule has 0 bridgehead atoms. The van der Waals surface area contributed by atoms with Gasteiger partial charge >= 0.3 is 0 Å². The Kier molecular flexibility index (Phi) is 2.13. The fourth-order valence-electron chi connectivity index (χ4n) is 5.61. The maximum atomic E-state index is 9.69. The average Bonchev–Trinajstić information content (AvgIpc) is 3.33. The molecule has 45 heavy (non-hydrogen) atoms. The third-order valence-corrected chi connectivity index (χ3v) is 7.57. The Hall–Kier alpha value is -5.92. The number of hydrogen-bond donors (Lipinski definition) is 0. The minimum absolute atomic E-state index is 0.270. The molecule has 0 N–H and O–H groups in total. The van der Waals surface area contributed by atoms with Gasteiger partial charge in [-0.3, -0.25) is 0 Å². The van der Waals surface area contributed by atoms with Crippen molar-refractivity contribution >= 4 is 43.1 Å². The monoisotopic (exact) mass is 596 g/mol. The van der Waals surface area contributed by atoms with Crippen molar-refractivity contribution in [3.05, 3.63) is 157 Å². The van der Waals surface area contributed by atoms with E-state index in [-0.39, 0.29) is 10.8 Å². The van der Waals surface area contributed by atoms with Gasteiger partial charge in [0.2, 0.25) is 0 Å². The van der Waals surface area contributed by atoms with E-state index < -0.39 is 245 Å². The number of para-hydroxylation sites is 1. The summed E-state index contributed by atoms with van der Waals surface area (Å²) < 4.78 is 239. The highest BCUT2D eigenvalue weighted by atomic mass is 16.5. The zero-order chi connectivity index (χ0) is 52.1. The zero-order valence-corrected chi connectivity index (χ0v) is 22.4. The molecule has 0 aromatic heterocycles. The normalized spacial score (nSPS) is 20.3. The largest absolute Gasteiger partial charge is 0.456 e. The van der Waals surface area contributed by atoms with Gasteiger partial charge in [0, 0.05) is 10.9 Å². The van der Waals surface area contributed by atoms with Crippen molar-refractivity contribution < 1.29 is 40.4 Å². The number of rotatable bonds is 3. The first-order valence-electron chi connectivity index (χ1n) is 26.4. The highest BCUT2D eigenvalue weighted by Crippen LogP contribution is 2.48. The van der Waals surface area contributed by atoms with E-state index in [1.165, 1.54) is 0 Å². The SMILES string of the molecule is [2H]c1c([2H])c([2H])c2c(c1[2H])Oc1c([2H])c([2H])c(-c3c([2H])c([2H])c([2H])c(-c4c([2H])c([2H])c([2H])c(-c5c([2H])c([2H])c6c([2H])c([2H])c7c([2H])c([2H])c([2H])c8c([2H])c([2H])c5c6c78)c4[2H])c3[2H])c3c([2H])c([2H])c([2H])c-2c13. The van der Waals surface area contributed by atoms with E-state index in [2.05, 4.69) is 0 Å². The van der Waals surface area contributed by atoms with Gasteiger partial charge in [0.1, 0.15) is 11.5 Å². The molecule has 1 heteroatoms. The number of benzene rings is 9. The number of fused-ring (bicyclic) bond motifs is 2. The van der Waals surface area contributed by atoms with Crippen molar-refractivity contribution in [1.82, 2.24) is 0 Å². The number of hydrogen-bond acceptors (Lipinski definition) is 1. The summed E-state index contributed by atoms with van der Waals surface area (Å²) in [5.41, 5.74) is -5.60. The van der Waals surface area contributed by atoms with Crippen molar-refractivity contribution in [2.75, 3.05) is 0 Å². The summed E-state index contributed by atoms with van der Waals surface area (Å²) in [5.74, 6) is -1.15. The highest BCUT2D eigenvalue weighted by molar-refractivity contribution is 6.25. The molecule has 208 valence electrons. The molecule has 0 atom stereocenters. The molecule has 0 saturated heterocycles. The lowest BCUT2D eigenvalue weighted by atomic mass is 9.88. The van der Waals surface area contributed by atoms with Crippen molar-refractivity contribution in [3.63, 3.8) is 0 Å². The molecule has 0 amide bonds. The second kappa shape index (κ2) is 9.29. The lowest BCUT2D eigenvalue weighted by Crippen LogP contribution is -1.97. The van der Waals surface area contributed by atoms with Crippen LogP contribution in [0.2, 0.25) is 0 Å². The van der Waals surface area contributed by atoms with Crippen LogP contribution in [-0.2, 0) is 0 Å². The second-order valence-electron chi connectivity index (χ2n) is 10.0. The predicted octanol–water partition coefficient (Wildman–Crippen LogP) is 12.5. The molecular weight excluding hydrogens is 544 g/mol. The van der Waals surface area contributed by atoms with Gasteiger partial charge in [0.25, 0.3) is 0 Å². The summed E-state index contributed by atoms with van der Waals surface area (Å²) in [7, 11) is 0. The van der Waals surface area contributed by atoms with Gasteiger partial charge < -0.3 is 4.74 Å². The summed E-state index contributed by atoms with van der Waals surface area (Å²) in [6.07, 6.45) is 0. The van der Waals surface area contributed by atoms with Crippen molar-refractivity contribution in [2.24, 2.45) is 0 Å². The topological polar surface area (TPSA) is 9.23 Å². The van der Waals surface area contributed by atoms with E-state index >= 15 is 0 Å². The van der Waals surface area contributed by atoms with Gasteiger partial charge in [-0.05, 0) is 101 Å². The molecular formula is C44H26O. The summed E-state index contributed by atoms with van der Waals surface area (Å²) in [5, 5.41) is -3.32. The molecule has 1 aliphatic heterocycles. The van der Waals surface area contributed by atoms with E-state index in [9.17, 15) is 6.85 Å². The Bertz CT molecular complexity index is 4060. The zero-order valence-electron chi connectivity index (χ0n) is 48.4. The minimum Gasteiger partial charge on any atom is -0.456 e. The first kappa shape index (κ1) is 10.3. The van der Waals surface area contributed by atoms with Crippen LogP contribution in [0.15, 0.2) is 157 Å². The molecule has 0 unspecified atom stereocenters. The molecule has 10 rings (SSSR count). The fraction of sp³-hybridized carbons (Fsp3) is 0. The predicted molar refractivity (Wildman–Crippen MR) is 189 cm³/mol. The molecule has 9 aromatic rings. The molecule has 0 aliphatic carbocycles. The van der Waals surface area contributed by atoms with Gasteiger partial charge in [-0.15, -0.1) is 0 Å². The third kappa shape index (κ3) is 3.62. The summed E-state index contributed by atoms with van der Waals surface area (Å²) >= 11 is 0. The Morgan fingerprint density at radius 3 is 1.67 bits per heavy atom. The smallest absolute Gasteiger partial charge is 0.135 e. The van der Waals surface area contributed by atoms with Crippen LogP contribution >= 0.6 is 0 Å². The highest BCUT2D eigenvalue weighted by Gasteiger charge is 2.21. The van der Waals surface area contributed by atoms with Gasteiger partial charge in [-0.1, -0.05) is 133 Å². The summed E-state index contributed by atoms with van der Waals surface area (Å²) in [4.78, 5) is 0. The van der Waals surface area contributed by atoms with Crippen LogP contribution < -0.4 is 4.74 Å². The van der Waals surface area contributed by atoms with E-state index in [1.54, 1.807) is 0 Å². The van der Waals surface area contributed by atoms with Gasteiger partial charge in [0.15, 0.2) is 0 Å². The maximum Gasteiger partial charge on any atom is 0.135 e. The van der Waals surface area contributed by atoms with Crippen LogP contribution in [0.25, 0.3) is 87.6 Å². The molecule has 0 fully saturated rings. The molecule has 9 aromatic carbocycles. The second-order valence-corrected chi connectivity index (χ2v) is 10.0. The lowest BCUT2D eigenvalue weighted by molar-refractivity contribution is 0.487. The van der Waals surface area contributed by atoms with E-state index in [1.807, 2.05) is 0 Å². The minimum atomic E-state index is -1.04. The summed E-state index contributed by atoms with van der Waals surface area (Å²) in [6, 6.07) is -22.3. The molecule has 0 spiro atoms. The molecule has 1 aliphatic rings. The third-order valence-electron chi connectivity index (χ3n) is 7.57. The molecule has 0 saturated carbocycles. The summed E-state index contributed by atoms with van der Waals surface area (Å²) in [6.45, 7) is 0. The van der Waals surface area contributed by atoms with Crippen LogP contribution in [0.5, 0.6) is 11.5 Å². The van der Waals surface area contributed by atoms with Gasteiger partial charge in [0.05, 0.1) is 35.6 Å². The molecule has 1 heterocycles. The molecule has 0 radical (unpaired) electrons. The van der Waals surface area contributed by atoms with Crippen LogP contribution in [-0.4, -0.2) is 0 Å². The van der Waals surface area contributed by atoms with E-state index in [0.29, 0.717) is 0 Å². The first-order valence-corrected chi connectivity index (χ1v) is 13.4. The molecule has 1 nitrogen and oxygen atoms in total. The quantitative estimate of drug-likeness (QED) is 0.184. The standard InChI is InChI=1S/C44H26O/c1-2-16-40-36(13-1)38-15-6-14-37-35(23-24-41(45-40)44(37)38)33-12-5-10-31(26-33)30-9-4-11-32(25-30)34-21-19-29-18-17-27-7-3-8-28-20-22-39(34)43(29)42(27)28/h1-26H/i1D,2D,3D,4D,5D,6D,7D,8D,9D,10D,11D,12D,13D,14D,15D,16D,17D,18D,19D,20D,21D,22D,23D,24D,25D,26D. The van der Waals surface area contributed by atoms with Crippen molar-refractivity contribution in [2.45, 2.75) is 0 Å². The number of ether oxygens (including phenoxy) is 1. The van der Waals surface area contributed by atoms with Crippen LogP contribution in [0, 0.1) is 0 Å². The van der Waals surface area contributed by atoms with Crippen LogP contribution in [0.1, 0.15) is 35.6 Å². The van der Waals surface area contributed by atoms with Crippen molar-refractivity contribution in [3.8, 4) is 56.0 Å². The maximum absolute atomic E-state index is 9.69. The Morgan fingerprint density at radius 2 is 0.889 bits per heavy atom. The average molecular weight is 597 g/mol.